The Hall–Kier alpha value is -0.0151. The maximum atomic E-state index is 5.75. The normalized spacial score (nSPS) is 13.6. The van der Waals surface area contributed by atoms with Gasteiger partial charge in [0.1, 0.15) is 0 Å². The van der Waals surface area contributed by atoms with Gasteiger partial charge in [0.15, 0.2) is 6.29 Å². The van der Waals surface area contributed by atoms with Gasteiger partial charge in [0.2, 0.25) is 0 Å². The molecule has 0 saturated heterocycles. The molecule has 82 valence electrons. The number of rotatable bonds is 4. The summed E-state index contributed by atoms with van der Waals surface area (Å²) < 4.78 is 11.5. The van der Waals surface area contributed by atoms with E-state index in [1.807, 2.05) is 41.5 Å². The average molecular weight is 198 g/mol. The van der Waals surface area contributed by atoms with Crippen LogP contribution in [0.15, 0.2) is 0 Å². The van der Waals surface area contributed by atoms with Crippen molar-refractivity contribution in [2.75, 3.05) is 0 Å². The highest BCUT2D eigenvalue weighted by Gasteiger charge is 2.23. The summed E-state index contributed by atoms with van der Waals surface area (Å²) in [7, 11) is 5.51. The first-order valence-corrected chi connectivity index (χ1v) is 5.20. The molecule has 0 unspecified atom stereocenters. The fourth-order valence-electron chi connectivity index (χ4n) is 1.07. The van der Waals surface area contributed by atoms with E-state index < -0.39 is 0 Å². The lowest BCUT2D eigenvalue weighted by molar-refractivity contribution is -0.234. The van der Waals surface area contributed by atoms with E-state index in [-0.39, 0.29) is 17.5 Å². The van der Waals surface area contributed by atoms with Gasteiger partial charge in [0.05, 0.1) is 19.0 Å². The molecule has 0 aromatic heterocycles. The van der Waals surface area contributed by atoms with Gasteiger partial charge in [0, 0.05) is 0 Å². The molecule has 2 radical (unpaired) electrons. The quantitative estimate of drug-likeness (QED) is 0.510. The molecule has 2 nitrogen and oxygen atoms in total. The third kappa shape index (κ3) is 8.58. The SMILES string of the molecule is [B]CCC(OC(C)(C)C)OC(C)(C)C. The van der Waals surface area contributed by atoms with Crippen molar-refractivity contribution in [3.8, 4) is 0 Å². The van der Waals surface area contributed by atoms with Crippen molar-refractivity contribution in [1.29, 1.82) is 0 Å². The Morgan fingerprint density at radius 1 is 0.929 bits per heavy atom. The van der Waals surface area contributed by atoms with Crippen molar-refractivity contribution in [2.45, 2.75) is 71.8 Å². The molecule has 3 heteroatoms. The minimum absolute atomic E-state index is 0.189. The molecule has 0 aliphatic rings. The van der Waals surface area contributed by atoms with Crippen LogP contribution in [0.2, 0.25) is 6.32 Å². The van der Waals surface area contributed by atoms with Crippen molar-refractivity contribution < 1.29 is 9.47 Å². The molecule has 0 bridgehead atoms. The van der Waals surface area contributed by atoms with Gasteiger partial charge in [-0.2, -0.15) is 0 Å². The van der Waals surface area contributed by atoms with Crippen LogP contribution >= 0.6 is 0 Å². The third-order valence-electron chi connectivity index (χ3n) is 1.37. The molecule has 0 rings (SSSR count). The Kier molecular flexibility index (Phi) is 5.17. The minimum atomic E-state index is -0.208. The van der Waals surface area contributed by atoms with Crippen molar-refractivity contribution in [1.82, 2.24) is 0 Å². The molecule has 0 atom stereocenters. The molecule has 0 aliphatic carbocycles. The summed E-state index contributed by atoms with van der Waals surface area (Å²) in [5.41, 5.74) is -0.379. The van der Waals surface area contributed by atoms with Gasteiger partial charge in [-0.15, -0.1) is 0 Å². The lowest BCUT2D eigenvalue weighted by Gasteiger charge is -2.32. The molecule has 0 aliphatic heterocycles. The molecule has 0 fully saturated rings. The third-order valence-corrected chi connectivity index (χ3v) is 1.37. The van der Waals surface area contributed by atoms with E-state index in [9.17, 15) is 0 Å². The number of hydrogen-bond acceptors (Lipinski definition) is 2. The first-order chi connectivity index (χ1) is 6.14. The predicted octanol–water partition coefficient (Wildman–Crippen LogP) is 2.92. The first kappa shape index (κ1) is 14.0. The smallest absolute Gasteiger partial charge is 0.158 e. The van der Waals surface area contributed by atoms with E-state index >= 15 is 0 Å². The van der Waals surface area contributed by atoms with Crippen LogP contribution < -0.4 is 0 Å². The molecule has 0 aromatic rings. The molecular weight excluding hydrogens is 175 g/mol. The zero-order valence-electron chi connectivity index (χ0n) is 10.4. The summed E-state index contributed by atoms with van der Waals surface area (Å²) >= 11 is 0. The van der Waals surface area contributed by atoms with E-state index in [0.717, 1.165) is 6.42 Å². The van der Waals surface area contributed by atoms with Crippen LogP contribution in [0.25, 0.3) is 0 Å². The predicted molar refractivity (Wildman–Crippen MR) is 60.6 cm³/mol. The lowest BCUT2D eigenvalue weighted by Crippen LogP contribution is -2.35. The average Bonchev–Trinajstić information content (AvgIpc) is 1.78. The molecule has 0 aromatic carbocycles. The Balaban J connectivity index is 4.16. The van der Waals surface area contributed by atoms with Crippen LogP contribution in [0.3, 0.4) is 0 Å². The van der Waals surface area contributed by atoms with E-state index in [2.05, 4.69) is 0 Å². The van der Waals surface area contributed by atoms with Crippen molar-refractivity contribution in [3.05, 3.63) is 0 Å². The topological polar surface area (TPSA) is 18.5 Å². The molecular formula is C11H23BO2. The molecule has 0 N–H and O–H groups in total. The Bertz CT molecular complexity index is 140. The van der Waals surface area contributed by atoms with Gasteiger partial charge in [-0.3, -0.25) is 0 Å². The standard InChI is InChI=1S/C11H23BO2/c1-10(2,3)13-9(7-8-12)14-11(4,5)6/h9H,7-8H2,1-6H3. The van der Waals surface area contributed by atoms with Gasteiger partial charge in [-0.25, -0.2) is 0 Å². The highest BCUT2D eigenvalue weighted by Crippen LogP contribution is 2.20. The minimum Gasteiger partial charge on any atom is -0.347 e. The Morgan fingerprint density at radius 3 is 1.50 bits per heavy atom. The monoisotopic (exact) mass is 198 g/mol. The first-order valence-electron chi connectivity index (χ1n) is 5.20. The Morgan fingerprint density at radius 2 is 1.29 bits per heavy atom. The van der Waals surface area contributed by atoms with Crippen molar-refractivity contribution >= 4 is 7.85 Å². The second-order valence-corrected chi connectivity index (χ2v) is 5.47. The fourth-order valence-corrected chi connectivity index (χ4v) is 1.07. The van der Waals surface area contributed by atoms with Crippen LogP contribution in [-0.2, 0) is 9.47 Å². The molecule has 0 spiro atoms. The van der Waals surface area contributed by atoms with Gasteiger partial charge in [-0.05, 0) is 48.0 Å². The number of ether oxygens (including phenoxy) is 2. The van der Waals surface area contributed by atoms with E-state index in [0.29, 0.717) is 6.32 Å². The van der Waals surface area contributed by atoms with Gasteiger partial charge in [-0.1, -0.05) is 6.32 Å². The van der Waals surface area contributed by atoms with E-state index in [1.54, 1.807) is 0 Å². The second kappa shape index (κ2) is 5.17. The van der Waals surface area contributed by atoms with E-state index in [4.69, 9.17) is 17.3 Å². The van der Waals surface area contributed by atoms with Crippen LogP contribution in [0.1, 0.15) is 48.0 Å². The summed E-state index contributed by atoms with van der Waals surface area (Å²) in [6.45, 7) is 12.1. The molecule has 0 saturated carbocycles. The summed E-state index contributed by atoms with van der Waals surface area (Å²) in [6.07, 6.45) is 1.10. The highest BCUT2D eigenvalue weighted by atomic mass is 16.7. The zero-order valence-corrected chi connectivity index (χ0v) is 10.4. The molecule has 0 heterocycles. The van der Waals surface area contributed by atoms with E-state index in [1.165, 1.54) is 0 Å². The Labute approximate surface area is 89.8 Å². The van der Waals surface area contributed by atoms with Gasteiger partial charge >= 0.3 is 0 Å². The van der Waals surface area contributed by atoms with Crippen LogP contribution in [-0.4, -0.2) is 25.3 Å². The lowest BCUT2D eigenvalue weighted by atomic mass is 10.0. The summed E-state index contributed by atoms with van der Waals surface area (Å²) in [6, 6.07) is 0. The maximum Gasteiger partial charge on any atom is 0.158 e. The molecule has 14 heavy (non-hydrogen) atoms. The zero-order chi connectivity index (χ0) is 11.4. The molecule has 0 amide bonds. The largest absolute Gasteiger partial charge is 0.347 e. The fraction of sp³-hybridized carbons (Fsp3) is 1.00. The number of hydrogen-bond donors (Lipinski definition) is 0. The second-order valence-electron chi connectivity index (χ2n) is 5.47. The van der Waals surface area contributed by atoms with Gasteiger partial charge in [0.25, 0.3) is 0 Å². The summed E-state index contributed by atoms with van der Waals surface area (Å²) in [4.78, 5) is 0. The summed E-state index contributed by atoms with van der Waals surface area (Å²) in [5, 5.41) is 0. The van der Waals surface area contributed by atoms with Crippen LogP contribution in [0.5, 0.6) is 0 Å². The highest BCUT2D eigenvalue weighted by molar-refractivity contribution is 6.08. The van der Waals surface area contributed by atoms with Crippen molar-refractivity contribution in [3.63, 3.8) is 0 Å². The van der Waals surface area contributed by atoms with Crippen LogP contribution in [0.4, 0.5) is 0 Å². The van der Waals surface area contributed by atoms with Crippen molar-refractivity contribution in [2.24, 2.45) is 0 Å². The van der Waals surface area contributed by atoms with Crippen LogP contribution in [0, 0.1) is 0 Å². The van der Waals surface area contributed by atoms with Gasteiger partial charge < -0.3 is 9.47 Å². The summed E-state index contributed by atoms with van der Waals surface area (Å²) in [5.74, 6) is 0. The maximum absolute atomic E-state index is 5.75.